The molecule has 0 unspecified atom stereocenters. The first-order valence-corrected chi connectivity index (χ1v) is 6.34. The third-order valence-corrected chi connectivity index (χ3v) is 3.05. The van der Waals surface area contributed by atoms with Crippen molar-refractivity contribution in [3.05, 3.63) is 29.3 Å². The van der Waals surface area contributed by atoms with Gasteiger partial charge in [0.1, 0.15) is 5.75 Å². The van der Waals surface area contributed by atoms with Crippen molar-refractivity contribution in [3.63, 3.8) is 0 Å². The van der Waals surface area contributed by atoms with E-state index in [2.05, 4.69) is 23.5 Å². The number of hydrogen-bond acceptors (Lipinski definition) is 3. The van der Waals surface area contributed by atoms with Gasteiger partial charge < -0.3 is 14.8 Å². The highest BCUT2D eigenvalue weighted by Crippen LogP contribution is 2.25. The van der Waals surface area contributed by atoms with Crippen LogP contribution in [0.3, 0.4) is 0 Å². The van der Waals surface area contributed by atoms with Crippen LogP contribution in [-0.2, 0) is 17.6 Å². The number of ether oxygens (including phenoxy) is 2. The van der Waals surface area contributed by atoms with E-state index < -0.39 is 0 Å². The summed E-state index contributed by atoms with van der Waals surface area (Å²) in [5.41, 5.74) is 2.76. The Hall–Kier alpha value is -1.06. The summed E-state index contributed by atoms with van der Waals surface area (Å²) in [6.45, 7) is 3.74. The fourth-order valence-electron chi connectivity index (χ4n) is 2.09. The molecule has 3 heteroatoms. The quantitative estimate of drug-likeness (QED) is 0.731. The predicted molar refractivity (Wildman–Crippen MR) is 68.7 cm³/mol. The Labute approximate surface area is 103 Å². The van der Waals surface area contributed by atoms with E-state index in [1.807, 2.05) is 0 Å². The molecule has 0 bridgehead atoms. The number of rotatable bonds is 7. The fraction of sp³-hybridized carbons (Fsp3) is 0.571. The van der Waals surface area contributed by atoms with Crippen LogP contribution >= 0.6 is 0 Å². The molecular formula is C14H21NO2. The van der Waals surface area contributed by atoms with Gasteiger partial charge >= 0.3 is 0 Å². The third-order valence-electron chi connectivity index (χ3n) is 3.05. The van der Waals surface area contributed by atoms with Crippen LogP contribution in [-0.4, -0.2) is 33.4 Å². The van der Waals surface area contributed by atoms with Crippen molar-refractivity contribution in [2.45, 2.75) is 19.3 Å². The maximum absolute atomic E-state index is 5.49. The molecule has 1 aromatic carbocycles. The van der Waals surface area contributed by atoms with E-state index in [9.17, 15) is 0 Å². The number of benzene rings is 1. The standard InChI is InChI=1S/C14H21NO2/c1-16-9-2-7-15-8-5-12-3-4-14-13(11-12)6-10-17-14/h3-4,11,15H,2,5-10H2,1H3. The monoisotopic (exact) mass is 235 g/mol. The largest absolute Gasteiger partial charge is 0.493 e. The molecule has 0 fully saturated rings. The molecule has 1 aromatic rings. The number of hydrogen-bond donors (Lipinski definition) is 1. The Kier molecular flexibility index (Phi) is 4.83. The molecule has 1 heterocycles. The van der Waals surface area contributed by atoms with E-state index >= 15 is 0 Å². The average Bonchev–Trinajstić information content (AvgIpc) is 2.81. The van der Waals surface area contributed by atoms with Gasteiger partial charge in [0.25, 0.3) is 0 Å². The first-order chi connectivity index (χ1) is 8.40. The molecule has 3 nitrogen and oxygen atoms in total. The summed E-state index contributed by atoms with van der Waals surface area (Å²) in [6.07, 6.45) is 3.22. The minimum Gasteiger partial charge on any atom is -0.493 e. The molecule has 0 radical (unpaired) electrons. The Balaban J connectivity index is 1.69. The van der Waals surface area contributed by atoms with E-state index in [0.717, 1.165) is 51.3 Å². The second-order valence-electron chi connectivity index (χ2n) is 4.39. The predicted octanol–water partition coefficient (Wildman–Crippen LogP) is 1.79. The van der Waals surface area contributed by atoms with Crippen LogP contribution in [0.25, 0.3) is 0 Å². The van der Waals surface area contributed by atoms with Crippen molar-refractivity contribution in [3.8, 4) is 5.75 Å². The maximum atomic E-state index is 5.49. The minimum atomic E-state index is 0.836. The van der Waals surface area contributed by atoms with Gasteiger partial charge in [-0.1, -0.05) is 12.1 Å². The van der Waals surface area contributed by atoms with Crippen LogP contribution in [0, 0.1) is 0 Å². The zero-order chi connectivity index (χ0) is 11.9. The number of methoxy groups -OCH3 is 1. The lowest BCUT2D eigenvalue weighted by Gasteiger charge is -2.06. The molecule has 0 spiro atoms. The lowest BCUT2D eigenvalue weighted by atomic mass is 10.1. The second-order valence-corrected chi connectivity index (χ2v) is 4.39. The van der Waals surface area contributed by atoms with Crippen LogP contribution in [0.2, 0.25) is 0 Å². The Bertz CT molecular complexity index is 352. The van der Waals surface area contributed by atoms with Crippen LogP contribution in [0.15, 0.2) is 18.2 Å². The van der Waals surface area contributed by atoms with Gasteiger partial charge in [-0.05, 0) is 43.1 Å². The van der Waals surface area contributed by atoms with Crippen LogP contribution < -0.4 is 10.1 Å². The molecule has 0 atom stereocenters. The topological polar surface area (TPSA) is 30.5 Å². The summed E-state index contributed by atoms with van der Waals surface area (Å²) in [5, 5.41) is 3.43. The molecule has 94 valence electrons. The van der Waals surface area contributed by atoms with Crippen molar-refractivity contribution in [2.75, 3.05) is 33.4 Å². The lowest BCUT2D eigenvalue weighted by Crippen LogP contribution is -2.19. The van der Waals surface area contributed by atoms with E-state index in [0.29, 0.717) is 0 Å². The molecule has 0 aliphatic carbocycles. The molecule has 0 aromatic heterocycles. The normalized spacial score (nSPS) is 13.5. The summed E-state index contributed by atoms with van der Waals surface area (Å²) in [6, 6.07) is 6.54. The second kappa shape index (κ2) is 6.62. The van der Waals surface area contributed by atoms with Crippen LogP contribution in [0.5, 0.6) is 5.75 Å². The van der Waals surface area contributed by atoms with E-state index in [4.69, 9.17) is 9.47 Å². The van der Waals surface area contributed by atoms with Gasteiger partial charge in [0.15, 0.2) is 0 Å². The molecule has 0 saturated heterocycles. The van der Waals surface area contributed by atoms with Crippen molar-refractivity contribution < 1.29 is 9.47 Å². The zero-order valence-corrected chi connectivity index (χ0v) is 10.5. The highest BCUT2D eigenvalue weighted by atomic mass is 16.5. The third kappa shape index (κ3) is 3.72. The number of fused-ring (bicyclic) bond motifs is 1. The Morgan fingerprint density at radius 2 is 2.29 bits per heavy atom. The molecular weight excluding hydrogens is 214 g/mol. The van der Waals surface area contributed by atoms with Gasteiger partial charge in [0.05, 0.1) is 6.61 Å². The lowest BCUT2D eigenvalue weighted by molar-refractivity contribution is 0.194. The van der Waals surface area contributed by atoms with Crippen molar-refractivity contribution >= 4 is 0 Å². The van der Waals surface area contributed by atoms with E-state index in [-0.39, 0.29) is 0 Å². The van der Waals surface area contributed by atoms with Gasteiger partial charge in [-0.15, -0.1) is 0 Å². The molecule has 1 N–H and O–H groups in total. The van der Waals surface area contributed by atoms with Gasteiger partial charge in [0, 0.05) is 20.1 Å². The van der Waals surface area contributed by atoms with Crippen molar-refractivity contribution in [2.24, 2.45) is 0 Å². The van der Waals surface area contributed by atoms with Gasteiger partial charge in [-0.2, -0.15) is 0 Å². The highest BCUT2D eigenvalue weighted by Gasteiger charge is 2.11. The molecule has 1 aliphatic rings. The Morgan fingerprint density at radius 3 is 3.18 bits per heavy atom. The molecule has 17 heavy (non-hydrogen) atoms. The highest BCUT2D eigenvalue weighted by molar-refractivity contribution is 5.39. The fourth-order valence-corrected chi connectivity index (χ4v) is 2.09. The summed E-state index contributed by atoms with van der Waals surface area (Å²) in [4.78, 5) is 0. The molecule has 0 amide bonds. The maximum Gasteiger partial charge on any atom is 0.122 e. The first kappa shape index (κ1) is 12.4. The average molecular weight is 235 g/mol. The van der Waals surface area contributed by atoms with Gasteiger partial charge in [0.2, 0.25) is 0 Å². The first-order valence-electron chi connectivity index (χ1n) is 6.34. The van der Waals surface area contributed by atoms with Crippen LogP contribution in [0.1, 0.15) is 17.5 Å². The molecule has 1 aliphatic heterocycles. The summed E-state index contributed by atoms with van der Waals surface area (Å²) >= 11 is 0. The summed E-state index contributed by atoms with van der Waals surface area (Å²) in [7, 11) is 1.74. The summed E-state index contributed by atoms with van der Waals surface area (Å²) in [5.74, 6) is 1.07. The van der Waals surface area contributed by atoms with Crippen molar-refractivity contribution in [1.82, 2.24) is 5.32 Å². The van der Waals surface area contributed by atoms with Gasteiger partial charge in [-0.25, -0.2) is 0 Å². The smallest absolute Gasteiger partial charge is 0.122 e. The summed E-state index contributed by atoms with van der Waals surface area (Å²) < 4.78 is 10.5. The molecule has 0 saturated carbocycles. The minimum absolute atomic E-state index is 0.836. The molecule has 2 rings (SSSR count). The van der Waals surface area contributed by atoms with E-state index in [1.165, 1.54) is 11.1 Å². The SMILES string of the molecule is COCCCNCCc1ccc2c(c1)CCO2. The van der Waals surface area contributed by atoms with Crippen molar-refractivity contribution in [1.29, 1.82) is 0 Å². The Morgan fingerprint density at radius 1 is 1.35 bits per heavy atom. The zero-order valence-electron chi connectivity index (χ0n) is 10.5. The van der Waals surface area contributed by atoms with Gasteiger partial charge in [-0.3, -0.25) is 0 Å². The van der Waals surface area contributed by atoms with Crippen LogP contribution in [0.4, 0.5) is 0 Å². The number of nitrogens with one attached hydrogen (secondary N) is 1. The van der Waals surface area contributed by atoms with E-state index in [1.54, 1.807) is 7.11 Å².